The number of benzene rings is 2. The van der Waals surface area contributed by atoms with Crippen LogP contribution < -0.4 is 11.1 Å². The van der Waals surface area contributed by atoms with Gasteiger partial charge < -0.3 is 11.1 Å². The number of primary amides is 1. The van der Waals surface area contributed by atoms with Crippen LogP contribution in [0.1, 0.15) is 17.5 Å². The highest BCUT2D eigenvalue weighted by molar-refractivity contribution is 7.98. The average Bonchev–Trinajstić information content (AvgIpc) is 2.66. The van der Waals surface area contributed by atoms with E-state index in [2.05, 4.69) is 11.4 Å². The molecule has 5 nitrogen and oxygen atoms in total. The molecule has 1 aliphatic rings. The van der Waals surface area contributed by atoms with Crippen molar-refractivity contribution in [2.75, 3.05) is 18.1 Å². The molecule has 26 heavy (non-hydrogen) atoms. The Kier molecular flexibility index (Phi) is 5.96. The Labute approximate surface area is 157 Å². The molecule has 1 atom stereocenters. The van der Waals surface area contributed by atoms with Gasteiger partial charge in [0.2, 0.25) is 11.8 Å². The van der Waals surface area contributed by atoms with Gasteiger partial charge in [0, 0.05) is 24.4 Å². The van der Waals surface area contributed by atoms with Gasteiger partial charge in [0.15, 0.2) is 0 Å². The van der Waals surface area contributed by atoms with Crippen LogP contribution in [-0.4, -0.2) is 35.6 Å². The number of hydrogen-bond donors (Lipinski definition) is 2. The Hall–Kier alpha value is -2.31. The van der Waals surface area contributed by atoms with Crippen molar-refractivity contribution in [2.24, 2.45) is 5.73 Å². The Morgan fingerprint density at radius 3 is 2.58 bits per heavy atom. The molecule has 1 heterocycles. The topological polar surface area (TPSA) is 75.4 Å². The van der Waals surface area contributed by atoms with Crippen LogP contribution in [-0.2, 0) is 22.6 Å². The predicted molar refractivity (Wildman–Crippen MR) is 105 cm³/mol. The van der Waals surface area contributed by atoms with Crippen molar-refractivity contribution in [1.29, 1.82) is 0 Å². The van der Waals surface area contributed by atoms with Gasteiger partial charge in [0.25, 0.3) is 0 Å². The number of nitrogens with zero attached hydrogens (tertiary/aromatic N) is 1. The van der Waals surface area contributed by atoms with Gasteiger partial charge in [-0.25, -0.2) is 0 Å². The minimum absolute atomic E-state index is 0.0615. The van der Waals surface area contributed by atoms with E-state index < -0.39 is 0 Å². The maximum Gasteiger partial charge on any atom is 0.235 e. The van der Waals surface area contributed by atoms with E-state index in [1.54, 1.807) is 11.8 Å². The van der Waals surface area contributed by atoms with Gasteiger partial charge in [-0.2, -0.15) is 0 Å². The summed E-state index contributed by atoms with van der Waals surface area (Å²) < 4.78 is 0. The lowest BCUT2D eigenvalue weighted by molar-refractivity contribution is -0.125. The van der Waals surface area contributed by atoms with Crippen molar-refractivity contribution >= 4 is 29.3 Å². The van der Waals surface area contributed by atoms with Crippen molar-refractivity contribution in [2.45, 2.75) is 30.3 Å². The van der Waals surface area contributed by atoms with Gasteiger partial charge in [-0.1, -0.05) is 36.4 Å². The first kappa shape index (κ1) is 18.5. The first-order valence-corrected chi connectivity index (χ1v) is 9.84. The van der Waals surface area contributed by atoms with Gasteiger partial charge in [0.05, 0.1) is 11.7 Å². The van der Waals surface area contributed by atoms with E-state index in [0.29, 0.717) is 25.9 Å². The number of nitrogens with one attached hydrogen (secondary N) is 1. The second-order valence-electron chi connectivity index (χ2n) is 6.36. The van der Waals surface area contributed by atoms with Crippen LogP contribution in [0.5, 0.6) is 0 Å². The lowest BCUT2D eigenvalue weighted by atomic mass is 9.93. The Bertz CT molecular complexity index is 809. The SMILES string of the molecule is CSc1ccccc1NC(=O)CCN1Cc2ccccc2C[C@H]1C(N)=O. The fourth-order valence-electron chi connectivity index (χ4n) is 3.30. The van der Waals surface area contributed by atoms with E-state index >= 15 is 0 Å². The zero-order chi connectivity index (χ0) is 18.5. The first-order valence-electron chi connectivity index (χ1n) is 8.61. The lowest BCUT2D eigenvalue weighted by Gasteiger charge is -2.34. The van der Waals surface area contributed by atoms with Crippen LogP contribution >= 0.6 is 11.8 Å². The molecular formula is C20H23N3O2S. The maximum absolute atomic E-state index is 12.4. The third kappa shape index (κ3) is 4.26. The summed E-state index contributed by atoms with van der Waals surface area (Å²) in [6, 6.07) is 15.4. The van der Waals surface area contributed by atoms with Gasteiger partial charge in [-0.05, 0) is 35.9 Å². The van der Waals surface area contributed by atoms with Crippen molar-refractivity contribution in [1.82, 2.24) is 4.90 Å². The summed E-state index contributed by atoms with van der Waals surface area (Å²) in [6.45, 7) is 1.13. The van der Waals surface area contributed by atoms with Gasteiger partial charge in [-0.15, -0.1) is 11.8 Å². The van der Waals surface area contributed by atoms with E-state index in [1.807, 2.05) is 53.6 Å². The molecule has 0 aromatic heterocycles. The third-order valence-electron chi connectivity index (χ3n) is 4.68. The molecule has 2 aromatic rings. The third-order valence-corrected chi connectivity index (χ3v) is 5.48. The number of carbonyl (C=O) groups is 2. The van der Waals surface area contributed by atoms with Crippen LogP contribution in [0, 0.1) is 0 Å². The van der Waals surface area contributed by atoms with E-state index in [9.17, 15) is 9.59 Å². The molecule has 0 aliphatic carbocycles. The summed E-state index contributed by atoms with van der Waals surface area (Å²) in [6.07, 6.45) is 2.89. The van der Waals surface area contributed by atoms with E-state index in [4.69, 9.17) is 5.73 Å². The van der Waals surface area contributed by atoms with Crippen LogP contribution in [0.2, 0.25) is 0 Å². The second-order valence-corrected chi connectivity index (χ2v) is 7.21. The van der Waals surface area contributed by atoms with Gasteiger partial charge in [0.1, 0.15) is 0 Å². The normalized spacial score (nSPS) is 16.7. The molecule has 6 heteroatoms. The Morgan fingerprint density at radius 1 is 1.15 bits per heavy atom. The molecule has 1 aliphatic heterocycles. The summed E-state index contributed by atoms with van der Waals surface area (Å²) in [7, 11) is 0. The minimum Gasteiger partial charge on any atom is -0.368 e. The number of carbonyl (C=O) groups excluding carboxylic acids is 2. The van der Waals surface area contributed by atoms with Gasteiger partial charge >= 0.3 is 0 Å². The number of thioether (sulfide) groups is 1. The first-order chi connectivity index (χ1) is 12.6. The second kappa shape index (κ2) is 8.38. The molecule has 0 unspecified atom stereocenters. The molecule has 0 bridgehead atoms. The summed E-state index contributed by atoms with van der Waals surface area (Å²) in [5.74, 6) is -0.402. The molecule has 0 spiro atoms. The smallest absolute Gasteiger partial charge is 0.235 e. The average molecular weight is 369 g/mol. The standard InChI is InChI=1S/C20H23N3O2S/c1-26-18-9-5-4-8-16(18)22-19(24)10-11-23-13-15-7-3-2-6-14(15)12-17(23)20(21)25/h2-9,17H,10-13H2,1H3,(H2,21,25)(H,22,24)/t17-/m0/s1. The van der Waals surface area contributed by atoms with Crippen molar-refractivity contribution in [3.8, 4) is 0 Å². The number of fused-ring (bicyclic) bond motifs is 1. The molecule has 0 radical (unpaired) electrons. The monoisotopic (exact) mass is 369 g/mol. The Balaban J connectivity index is 1.64. The molecule has 0 fully saturated rings. The fourth-order valence-corrected chi connectivity index (χ4v) is 3.85. The number of amides is 2. The zero-order valence-corrected chi connectivity index (χ0v) is 15.6. The molecule has 2 aromatic carbocycles. The molecule has 3 N–H and O–H groups in total. The highest BCUT2D eigenvalue weighted by Gasteiger charge is 2.29. The van der Waals surface area contributed by atoms with E-state index in [0.717, 1.165) is 16.1 Å². The van der Waals surface area contributed by atoms with Crippen molar-refractivity contribution in [3.63, 3.8) is 0 Å². The van der Waals surface area contributed by atoms with Crippen LogP contribution in [0.3, 0.4) is 0 Å². The number of hydrogen-bond acceptors (Lipinski definition) is 4. The molecule has 0 saturated heterocycles. The number of anilines is 1. The molecule has 136 valence electrons. The molecule has 0 saturated carbocycles. The predicted octanol–water partition coefficient (Wildman–Crippen LogP) is 2.65. The van der Waals surface area contributed by atoms with E-state index in [1.165, 1.54) is 5.56 Å². The molecule has 2 amide bonds. The van der Waals surface area contributed by atoms with Crippen LogP contribution in [0.4, 0.5) is 5.69 Å². The minimum atomic E-state index is -0.365. The summed E-state index contributed by atoms with van der Waals surface area (Å²) in [5, 5.41) is 2.96. The number of rotatable bonds is 6. The highest BCUT2D eigenvalue weighted by Crippen LogP contribution is 2.25. The largest absolute Gasteiger partial charge is 0.368 e. The summed E-state index contributed by atoms with van der Waals surface area (Å²) in [5.41, 5.74) is 8.77. The molecule has 3 rings (SSSR count). The summed E-state index contributed by atoms with van der Waals surface area (Å²) in [4.78, 5) is 27.3. The van der Waals surface area contributed by atoms with Crippen LogP contribution in [0.25, 0.3) is 0 Å². The highest BCUT2D eigenvalue weighted by atomic mass is 32.2. The zero-order valence-electron chi connectivity index (χ0n) is 14.8. The summed E-state index contributed by atoms with van der Waals surface area (Å²) >= 11 is 1.59. The van der Waals surface area contributed by atoms with Crippen molar-refractivity contribution in [3.05, 3.63) is 59.7 Å². The molecular weight excluding hydrogens is 346 g/mol. The Morgan fingerprint density at radius 2 is 1.85 bits per heavy atom. The van der Waals surface area contributed by atoms with Crippen molar-refractivity contribution < 1.29 is 9.59 Å². The van der Waals surface area contributed by atoms with E-state index in [-0.39, 0.29) is 17.9 Å². The van der Waals surface area contributed by atoms with Gasteiger partial charge in [-0.3, -0.25) is 14.5 Å². The number of nitrogens with two attached hydrogens (primary N) is 1. The lowest BCUT2D eigenvalue weighted by Crippen LogP contribution is -2.49. The quantitative estimate of drug-likeness (QED) is 0.768. The number of para-hydroxylation sites is 1. The maximum atomic E-state index is 12.4. The fraction of sp³-hybridized carbons (Fsp3) is 0.300. The van der Waals surface area contributed by atoms with Crippen LogP contribution in [0.15, 0.2) is 53.4 Å².